The first-order valence-corrected chi connectivity index (χ1v) is 9.91. The third kappa shape index (κ3) is 4.95. The minimum absolute atomic E-state index is 0. The summed E-state index contributed by atoms with van der Waals surface area (Å²) in [5.41, 5.74) is 3.27. The maximum absolute atomic E-state index is 5.52. The molecule has 0 amide bonds. The normalized spacial score (nSPS) is 13.7. The van der Waals surface area contributed by atoms with Crippen LogP contribution in [0, 0.1) is 0 Å². The highest BCUT2D eigenvalue weighted by atomic mass is 35.5. The van der Waals surface area contributed by atoms with E-state index in [0.29, 0.717) is 13.1 Å². The van der Waals surface area contributed by atoms with E-state index in [9.17, 15) is 0 Å². The average Bonchev–Trinajstić information content (AvgIpc) is 2.79. The summed E-state index contributed by atoms with van der Waals surface area (Å²) in [5, 5.41) is 4.71. The van der Waals surface area contributed by atoms with Crippen LogP contribution < -0.4 is 19.7 Å². The molecular formula is C23H28ClN3O3. The molecule has 1 N–H and O–H groups in total. The highest BCUT2D eigenvalue weighted by Gasteiger charge is 2.17. The average molecular weight is 430 g/mol. The number of fused-ring (bicyclic) bond motifs is 1. The molecule has 1 aliphatic heterocycles. The Hall–Kier alpha value is -2.54. The molecule has 30 heavy (non-hydrogen) atoms. The Morgan fingerprint density at radius 1 is 0.967 bits per heavy atom. The number of morpholine rings is 1. The highest BCUT2D eigenvalue weighted by molar-refractivity contribution is 5.85. The molecule has 0 unspecified atom stereocenters. The Morgan fingerprint density at radius 3 is 2.50 bits per heavy atom. The summed E-state index contributed by atoms with van der Waals surface area (Å²) in [5.74, 6) is 2.71. The summed E-state index contributed by atoms with van der Waals surface area (Å²) < 4.78 is 16.4. The van der Waals surface area contributed by atoms with E-state index in [0.717, 1.165) is 60.1 Å². The second-order valence-corrected chi connectivity index (χ2v) is 7.04. The van der Waals surface area contributed by atoms with Crippen molar-refractivity contribution in [3.05, 3.63) is 59.7 Å². The second kappa shape index (κ2) is 10.5. The molecule has 0 aliphatic carbocycles. The molecule has 1 aromatic heterocycles. The van der Waals surface area contributed by atoms with Crippen LogP contribution in [0.1, 0.15) is 11.1 Å². The predicted molar refractivity (Wildman–Crippen MR) is 122 cm³/mol. The van der Waals surface area contributed by atoms with Crippen LogP contribution in [0.2, 0.25) is 0 Å². The van der Waals surface area contributed by atoms with Crippen molar-refractivity contribution in [1.82, 2.24) is 10.3 Å². The smallest absolute Gasteiger partial charge is 0.133 e. The SMILES string of the molecule is COc1ccc(OC)c(CNCc2cc3ccccc3nc2N2CCOCC2)c1.Cl. The largest absolute Gasteiger partial charge is 0.497 e. The van der Waals surface area contributed by atoms with Gasteiger partial charge in [0.25, 0.3) is 0 Å². The topological polar surface area (TPSA) is 55.9 Å². The Kier molecular flexibility index (Phi) is 7.74. The summed E-state index contributed by atoms with van der Waals surface area (Å²) in [6.45, 7) is 4.59. The summed E-state index contributed by atoms with van der Waals surface area (Å²) in [6, 6.07) is 16.4. The van der Waals surface area contributed by atoms with Crippen LogP contribution in [0.3, 0.4) is 0 Å². The van der Waals surface area contributed by atoms with Gasteiger partial charge < -0.3 is 24.4 Å². The highest BCUT2D eigenvalue weighted by Crippen LogP contribution is 2.26. The lowest BCUT2D eigenvalue weighted by molar-refractivity contribution is 0.122. The van der Waals surface area contributed by atoms with E-state index in [-0.39, 0.29) is 12.4 Å². The zero-order valence-electron chi connectivity index (χ0n) is 17.4. The number of anilines is 1. The lowest BCUT2D eigenvalue weighted by Crippen LogP contribution is -2.37. The molecule has 6 nitrogen and oxygen atoms in total. The molecule has 0 spiro atoms. The van der Waals surface area contributed by atoms with Crippen LogP contribution in [0.25, 0.3) is 10.9 Å². The number of nitrogens with one attached hydrogen (secondary N) is 1. The van der Waals surface area contributed by atoms with Crippen LogP contribution in [0.5, 0.6) is 11.5 Å². The maximum atomic E-state index is 5.52. The van der Waals surface area contributed by atoms with Gasteiger partial charge in [-0.15, -0.1) is 12.4 Å². The number of methoxy groups -OCH3 is 2. The van der Waals surface area contributed by atoms with Crippen molar-refractivity contribution in [2.24, 2.45) is 0 Å². The molecule has 7 heteroatoms. The van der Waals surface area contributed by atoms with Crippen molar-refractivity contribution in [3.63, 3.8) is 0 Å². The van der Waals surface area contributed by atoms with E-state index < -0.39 is 0 Å². The standard InChI is InChI=1S/C23H27N3O3.ClH/c1-27-20-7-8-22(28-2)18(14-20)15-24-16-19-13-17-5-3-4-6-21(17)25-23(19)26-9-11-29-12-10-26;/h3-8,13-14,24H,9-12,15-16H2,1-2H3;1H. The number of rotatable bonds is 7. The summed E-state index contributed by atoms with van der Waals surface area (Å²) in [7, 11) is 3.36. The van der Waals surface area contributed by atoms with Gasteiger partial charge in [-0.2, -0.15) is 0 Å². The lowest BCUT2D eigenvalue weighted by atomic mass is 10.1. The molecule has 0 atom stereocenters. The molecule has 2 aromatic carbocycles. The van der Waals surface area contributed by atoms with Crippen molar-refractivity contribution in [1.29, 1.82) is 0 Å². The van der Waals surface area contributed by atoms with Gasteiger partial charge in [0.1, 0.15) is 17.3 Å². The molecule has 2 heterocycles. The fourth-order valence-corrected chi connectivity index (χ4v) is 3.68. The third-order valence-corrected chi connectivity index (χ3v) is 5.21. The van der Waals surface area contributed by atoms with Gasteiger partial charge in [0.05, 0.1) is 33.0 Å². The van der Waals surface area contributed by atoms with Gasteiger partial charge in [0, 0.05) is 42.7 Å². The fourth-order valence-electron chi connectivity index (χ4n) is 3.68. The van der Waals surface area contributed by atoms with E-state index in [1.165, 1.54) is 5.56 Å². The number of pyridine rings is 1. The van der Waals surface area contributed by atoms with Crippen molar-refractivity contribution in [3.8, 4) is 11.5 Å². The van der Waals surface area contributed by atoms with Gasteiger partial charge in [-0.1, -0.05) is 18.2 Å². The van der Waals surface area contributed by atoms with Crippen LogP contribution >= 0.6 is 12.4 Å². The number of nitrogens with zero attached hydrogens (tertiary/aromatic N) is 2. The number of aromatic nitrogens is 1. The van der Waals surface area contributed by atoms with Gasteiger partial charge >= 0.3 is 0 Å². The van der Waals surface area contributed by atoms with Gasteiger partial charge in [-0.3, -0.25) is 0 Å². The van der Waals surface area contributed by atoms with Gasteiger partial charge in [-0.25, -0.2) is 4.98 Å². The molecule has 0 saturated carbocycles. The second-order valence-electron chi connectivity index (χ2n) is 7.04. The minimum Gasteiger partial charge on any atom is -0.497 e. The van der Waals surface area contributed by atoms with Crippen molar-refractivity contribution >= 4 is 29.1 Å². The summed E-state index contributed by atoms with van der Waals surface area (Å²) in [4.78, 5) is 7.29. The maximum Gasteiger partial charge on any atom is 0.133 e. The van der Waals surface area contributed by atoms with E-state index in [1.807, 2.05) is 24.3 Å². The van der Waals surface area contributed by atoms with Gasteiger partial charge in [-0.05, 0) is 30.3 Å². The number of benzene rings is 2. The van der Waals surface area contributed by atoms with Gasteiger partial charge in [0.15, 0.2) is 0 Å². The van der Waals surface area contributed by atoms with Crippen LogP contribution in [-0.4, -0.2) is 45.5 Å². The monoisotopic (exact) mass is 429 g/mol. The van der Waals surface area contributed by atoms with Crippen LogP contribution in [-0.2, 0) is 17.8 Å². The van der Waals surface area contributed by atoms with Crippen molar-refractivity contribution in [2.45, 2.75) is 13.1 Å². The number of hydrogen-bond donors (Lipinski definition) is 1. The minimum atomic E-state index is 0. The zero-order chi connectivity index (χ0) is 20.1. The molecule has 160 valence electrons. The number of ether oxygens (including phenoxy) is 3. The molecule has 1 saturated heterocycles. The van der Waals surface area contributed by atoms with E-state index in [4.69, 9.17) is 19.2 Å². The molecule has 0 bridgehead atoms. The van der Waals surface area contributed by atoms with Crippen molar-refractivity contribution in [2.75, 3.05) is 45.4 Å². The van der Waals surface area contributed by atoms with Gasteiger partial charge in [0.2, 0.25) is 0 Å². The van der Waals surface area contributed by atoms with E-state index >= 15 is 0 Å². The van der Waals surface area contributed by atoms with Crippen molar-refractivity contribution < 1.29 is 14.2 Å². The Morgan fingerprint density at radius 2 is 1.73 bits per heavy atom. The first-order chi connectivity index (χ1) is 14.3. The zero-order valence-corrected chi connectivity index (χ0v) is 18.2. The Balaban J connectivity index is 0.00000256. The fraction of sp³-hybridized carbons (Fsp3) is 0.348. The van der Waals surface area contributed by atoms with E-state index in [1.54, 1.807) is 14.2 Å². The first kappa shape index (κ1) is 22.2. The van der Waals surface area contributed by atoms with Crippen LogP contribution in [0.15, 0.2) is 48.5 Å². The molecule has 0 radical (unpaired) electrons. The lowest BCUT2D eigenvalue weighted by Gasteiger charge is -2.30. The Labute approximate surface area is 183 Å². The molecule has 4 rings (SSSR count). The van der Waals surface area contributed by atoms with E-state index in [2.05, 4.69) is 34.5 Å². The first-order valence-electron chi connectivity index (χ1n) is 9.91. The number of para-hydroxylation sites is 1. The molecule has 1 aliphatic rings. The summed E-state index contributed by atoms with van der Waals surface area (Å²) >= 11 is 0. The molecular weight excluding hydrogens is 402 g/mol. The van der Waals surface area contributed by atoms with Crippen LogP contribution in [0.4, 0.5) is 5.82 Å². The number of halogens is 1. The third-order valence-electron chi connectivity index (χ3n) is 5.21. The Bertz CT molecular complexity index is 977. The quantitative estimate of drug-likeness (QED) is 0.616. The molecule has 1 fully saturated rings. The summed E-state index contributed by atoms with van der Waals surface area (Å²) in [6.07, 6.45) is 0. The number of hydrogen-bond acceptors (Lipinski definition) is 6. The predicted octanol–water partition coefficient (Wildman–Crippen LogP) is 3.80. The molecule has 3 aromatic rings.